The molecule has 2 aromatic heterocycles. The first-order valence-corrected chi connectivity index (χ1v) is 8.50. The third-order valence-electron chi connectivity index (χ3n) is 5.15. The number of carbonyl (C=O) groups is 1. The third kappa shape index (κ3) is 3.38. The fourth-order valence-corrected chi connectivity index (χ4v) is 3.82. The molecule has 1 N–H and O–H groups in total. The number of nitrogens with zero attached hydrogens (tertiary/aromatic N) is 4. The van der Waals surface area contributed by atoms with Crippen LogP contribution in [-0.4, -0.2) is 58.8 Å². The number of pyridine rings is 1. The number of likely N-dealkylation sites (tertiary alicyclic amines) is 1. The van der Waals surface area contributed by atoms with Crippen LogP contribution in [0.5, 0.6) is 0 Å². The summed E-state index contributed by atoms with van der Waals surface area (Å²) in [5.41, 5.74) is 1.58. The topological polar surface area (TPSA) is 80.2 Å². The Morgan fingerprint density at radius 2 is 2.28 bits per heavy atom. The lowest BCUT2D eigenvalue weighted by atomic mass is 9.81. The number of rotatable bonds is 5. The van der Waals surface area contributed by atoms with Crippen molar-refractivity contribution in [2.45, 2.75) is 6.54 Å². The summed E-state index contributed by atoms with van der Waals surface area (Å²) in [4.78, 5) is 19.1. The van der Waals surface area contributed by atoms with Crippen molar-refractivity contribution in [2.24, 2.45) is 11.3 Å². The Morgan fingerprint density at radius 1 is 1.32 bits per heavy atom. The molecule has 7 heteroatoms. The molecule has 0 saturated carbocycles. The largest absolute Gasteiger partial charge is 0.380 e. The lowest BCUT2D eigenvalue weighted by Crippen LogP contribution is -2.43. The molecule has 2 saturated heterocycles. The Hall–Kier alpha value is -2.38. The van der Waals surface area contributed by atoms with Gasteiger partial charge in [-0.25, -0.2) is 0 Å². The molecule has 2 atom stereocenters. The number of aromatic nitrogens is 3. The lowest BCUT2D eigenvalue weighted by Gasteiger charge is -2.27. The Labute approximate surface area is 146 Å². The van der Waals surface area contributed by atoms with E-state index in [0.29, 0.717) is 24.6 Å². The molecule has 0 unspecified atom stereocenters. The number of amides is 1. The fraction of sp³-hybridized carbons (Fsp3) is 0.444. The van der Waals surface area contributed by atoms with Gasteiger partial charge in [0.25, 0.3) is 5.91 Å². The minimum Gasteiger partial charge on any atom is -0.380 e. The van der Waals surface area contributed by atoms with Crippen LogP contribution in [-0.2, 0) is 11.3 Å². The molecule has 130 valence electrons. The van der Waals surface area contributed by atoms with Crippen molar-refractivity contribution in [3.05, 3.63) is 54.1 Å². The molecule has 7 nitrogen and oxygen atoms in total. The molecule has 1 amide bonds. The first-order chi connectivity index (χ1) is 12.3. The minimum absolute atomic E-state index is 0.0229. The first kappa shape index (κ1) is 16.1. The standard InChI is InChI=1S/C18H21N5O2/c24-17(14-4-6-21-22-7-14)20-11-18-12-23(8-15(18)10-25-13-18)9-16-3-1-2-5-19-16/h1-7,15H,8-13H2,(H,20,24)/t15-,18+/m0/s1. The van der Waals surface area contributed by atoms with Gasteiger partial charge >= 0.3 is 0 Å². The van der Waals surface area contributed by atoms with Gasteiger partial charge in [0.1, 0.15) is 0 Å². The van der Waals surface area contributed by atoms with Crippen molar-refractivity contribution in [1.82, 2.24) is 25.4 Å². The van der Waals surface area contributed by atoms with E-state index in [2.05, 4.69) is 31.5 Å². The summed E-state index contributed by atoms with van der Waals surface area (Å²) < 4.78 is 5.74. The maximum atomic E-state index is 12.3. The Balaban J connectivity index is 1.40. The Morgan fingerprint density at radius 3 is 3.08 bits per heavy atom. The van der Waals surface area contributed by atoms with E-state index in [1.165, 1.54) is 12.4 Å². The molecule has 0 aliphatic carbocycles. The van der Waals surface area contributed by atoms with Crippen LogP contribution in [0.25, 0.3) is 0 Å². The number of ether oxygens (including phenoxy) is 1. The normalized spacial score (nSPS) is 25.7. The number of hydrogen-bond donors (Lipinski definition) is 1. The molecule has 2 fully saturated rings. The van der Waals surface area contributed by atoms with Gasteiger partial charge in [-0.3, -0.25) is 14.7 Å². The van der Waals surface area contributed by atoms with E-state index < -0.39 is 0 Å². The highest BCUT2D eigenvalue weighted by molar-refractivity contribution is 5.93. The molecule has 25 heavy (non-hydrogen) atoms. The summed E-state index contributed by atoms with van der Waals surface area (Å²) in [6.07, 6.45) is 4.84. The molecule has 0 spiro atoms. The summed E-state index contributed by atoms with van der Waals surface area (Å²) in [6.45, 7) is 4.77. The summed E-state index contributed by atoms with van der Waals surface area (Å²) in [7, 11) is 0. The second-order valence-corrected chi connectivity index (χ2v) is 6.88. The SMILES string of the molecule is O=C(NC[C@@]12COC[C@@H]1CN(Cc1ccccn1)C2)c1ccnnc1. The third-order valence-corrected chi connectivity index (χ3v) is 5.15. The molecule has 4 heterocycles. The molecule has 4 rings (SSSR count). The van der Waals surface area contributed by atoms with Gasteiger partial charge in [-0.1, -0.05) is 6.07 Å². The Bertz CT molecular complexity index is 727. The van der Waals surface area contributed by atoms with Crippen molar-refractivity contribution < 1.29 is 9.53 Å². The predicted molar refractivity (Wildman–Crippen MR) is 90.6 cm³/mol. The summed E-state index contributed by atoms with van der Waals surface area (Å²) in [5.74, 6) is 0.324. The highest BCUT2D eigenvalue weighted by Gasteiger charge is 2.50. The van der Waals surface area contributed by atoms with Crippen molar-refractivity contribution >= 4 is 5.91 Å². The molecule has 2 aromatic rings. The maximum Gasteiger partial charge on any atom is 0.252 e. The van der Waals surface area contributed by atoms with Gasteiger partial charge in [0, 0.05) is 43.7 Å². The van der Waals surface area contributed by atoms with E-state index in [0.717, 1.165) is 31.9 Å². The molecular weight excluding hydrogens is 318 g/mol. The van der Waals surface area contributed by atoms with Crippen LogP contribution in [0.1, 0.15) is 16.1 Å². The minimum atomic E-state index is -0.113. The number of carbonyl (C=O) groups excluding carboxylic acids is 1. The molecule has 0 radical (unpaired) electrons. The van der Waals surface area contributed by atoms with Gasteiger partial charge in [0.15, 0.2) is 0 Å². The van der Waals surface area contributed by atoms with Crippen LogP contribution in [0, 0.1) is 11.3 Å². The first-order valence-electron chi connectivity index (χ1n) is 8.50. The van der Waals surface area contributed by atoms with Crippen molar-refractivity contribution in [2.75, 3.05) is 32.8 Å². The lowest BCUT2D eigenvalue weighted by molar-refractivity contribution is 0.0903. The molecule has 2 aliphatic rings. The quantitative estimate of drug-likeness (QED) is 0.866. The van der Waals surface area contributed by atoms with E-state index in [9.17, 15) is 4.79 Å². The zero-order valence-corrected chi connectivity index (χ0v) is 14.0. The van der Waals surface area contributed by atoms with Gasteiger partial charge < -0.3 is 10.1 Å². The monoisotopic (exact) mass is 339 g/mol. The zero-order valence-electron chi connectivity index (χ0n) is 14.0. The van der Waals surface area contributed by atoms with E-state index in [1.807, 2.05) is 18.3 Å². The van der Waals surface area contributed by atoms with Gasteiger partial charge in [-0.05, 0) is 18.2 Å². The van der Waals surface area contributed by atoms with Crippen LogP contribution in [0.2, 0.25) is 0 Å². The van der Waals surface area contributed by atoms with E-state index in [-0.39, 0.29) is 11.3 Å². The van der Waals surface area contributed by atoms with E-state index in [1.54, 1.807) is 6.07 Å². The number of hydrogen-bond acceptors (Lipinski definition) is 6. The second kappa shape index (κ2) is 6.85. The number of nitrogens with one attached hydrogen (secondary N) is 1. The van der Waals surface area contributed by atoms with Crippen LogP contribution in [0.15, 0.2) is 42.9 Å². The highest BCUT2D eigenvalue weighted by Crippen LogP contribution is 2.41. The summed E-state index contributed by atoms with van der Waals surface area (Å²) in [5, 5.41) is 10.5. The van der Waals surface area contributed by atoms with Crippen LogP contribution >= 0.6 is 0 Å². The van der Waals surface area contributed by atoms with E-state index in [4.69, 9.17) is 4.74 Å². The Kier molecular flexibility index (Phi) is 4.42. The van der Waals surface area contributed by atoms with Gasteiger partial charge in [-0.15, -0.1) is 0 Å². The van der Waals surface area contributed by atoms with Crippen LogP contribution in [0.3, 0.4) is 0 Å². The summed E-state index contributed by atoms with van der Waals surface area (Å²) >= 11 is 0. The molecule has 0 bridgehead atoms. The molecule has 2 aliphatic heterocycles. The van der Waals surface area contributed by atoms with Crippen molar-refractivity contribution in [1.29, 1.82) is 0 Å². The average Bonchev–Trinajstić information content (AvgIpc) is 3.18. The summed E-state index contributed by atoms with van der Waals surface area (Å²) in [6, 6.07) is 7.67. The van der Waals surface area contributed by atoms with Gasteiger partial charge in [0.2, 0.25) is 0 Å². The van der Waals surface area contributed by atoms with Crippen molar-refractivity contribution in [3.63, 3.8) is 0 Å². The van der Waals surface area contributed by atoms with Gasteiger partial charge in [-0.2, -0.15) is 10.2 Å². The van der Waals surface area contributed by atoms with E-state index >= 15 is 0 Å². The molecule has 0 aromatic carbocycles. The van der Waals surface area contributed by atoms with Crippen LogP contribution in [0.4, 0.5) is 0 Å². The average molecular weight is 339 g/mol. The number of fused-ring (bicyclic) bond motifs is 1. The predicted octanol–water partition coefficient (Wildman–Crippen LogP) is 0.750. The van der Waals surface area contributed by atoms with Gasteiger partial charge in [0.05, 0.1) is 36.9 Å². The second-order valence-electron chi connectivity index (χ2n) is 6.88. The zero-order chi connectivity index (χ0) is 17.1. The van der Waals surface area contributed by atoms with Crippen molar-refractivity contribution in [3.8, 4) is 0 Å². The highest BCUT2D eigenvalue weighted by atomic mass is 16.5. The smallest absolute Gasteiger partial charge is 0.252 e. The maximum absolute atomic E-state index is 12.3. The molecular formula is C18H21N5O2. The van der Waals surface area contributed by atoms with Crippen LogP contribution < -0.4 is 5.32 Å². The fourth-order valence-electron chi connectivity index (χ4n) is 3.82.